The van der Waals surface area contributed by atoms with Crippen LogP contribution in [0.5, 0.6) is 46.0 Å². The summed E-state index contributed by atoms with van der Waals surface area (Å²) in [6.07, 6.45) is -2.55. The van der Waals surface area contributed by atoms with E-state index < -0.39 is 58.3 Å². The number of carbonyl (C=O) groups excluding carboxylic acids is 1. The molecule has 33 heavy (non-hydrogen) atoms. The third kappa shape index (κ3) is 3.80. The highest BCUT2D eigenvalue weighted by Crippen LogP contribution is 2.44. The monoisotopic (exact) mass is 460 g/mol. The van der Waals surface area contributed by atoms with Gasteiger partial charge in [-0.3, -0.25) is 0 Å². The van der Waals surface area contributed by atoms with Gasteiger partial charge in [0.1, 0.15) is 28.9 Å². The highest BCUT2D eigenvalue weighted by atomic mass is 19.1. The second kappa shape index (κ2) is 7.86. The fourth-order valence-electron chi connectivity index (χ4n) is 3.52. The predicted octanol–water partition coefficient (Wildman–Crippen LogP) is 2.67. The number of benzene rings is 3. The zero-order chi connectivity index (χ0) is 24.0. The molecule has 1 heterocycles. The Kier molecular flexibility index (Phi) is 5.16. The molecule has 1 aliphatic heterocycles. The van der Waals surface area contributed by atoms with Crippen LogP contribution in [-0.4, -0.2) is 47.8 Å². The first-order valence-corrected chi connectivity index (χ1v) is 9.44. The Balaban J connectivity index is 1.75. The highest BCUT2D eigenvalue weighted by molar-refractivity contribution is 5.91. The molecular formula is C22H17FO10. The Hall–Kier alpha value is -4.54. The van der Waals surface area contributed by atoms with Crippen LogP contribution in [-0.2, 0) is 11.2 Å². The normalized spacial score (nSPS) is 17.1. The number of phenolic OH excluding ortho intramolecular Hbond substituents is 7. The topological polar surface area (TPSA) is 177 Å². The summed E-state index contributed by atoms with van der Waals surface area (Å²) < 4.78 is 25.5. The maximum Gasteiger partial charge on any atom is 0.341 e. The molecule has 4 rings (SSSR count). The molecule has 3 aromatic rings. The summed E-state index contributed by atoms with van der Waals surface area (Å²) in [5.74, 6) is -7.83. The van der Waals surface area contributed by atoms with E-state index in [-0.39, 0.29) is 34.8 Å². The number of fused-ring (bicyclic) bond motifs is 1. The smallest absolute Gasteiger partial charge is 0.341 e. The van der Waals surface area contributed by atoms with Gasteiger partial charge in [-0.1, -0.05) is 6.07 Å². The van der Waals surface area contributed by atoms with Crippen LogP contribution in [0.4, 0.5) is 4.39 Å². The van der Waals surface area contributed by atoms with Crippen molar-refractivity contribution in [2.45, 2.75) is 18.6 Å². The number of aromatic hydroxyl groups is 7. The number of carbonyl (C=O) groups is 1. The summed E-state index contributed by atoms with van der Waals surface area (Å²) in [7, 11) is 0. The molecule has 0 spiro atoms. The molecule has 2 unspecified atom stereocenters. The number of phenols is 7. The van der Waals surface area contributed by atoms with Crippen molar-refractivity contribution in [2.24, 2.45) is 0 Å². The van der Waals surface area contributed by atoms with Gasteiger partial charge in [-0.15, -0.1) is 0 Å². The summed E-state index contributed by atoms with van der Waals surface area (Å²) in [5.41, 5.74) is -0.481. The van der Waals surface area contributed by atoms with Gasteiger partial charge in [-0.2, -0.15) is 0 Å². The molecule has 7 N–H and O–H groups in total. The standard InChI is InChI=1S/C22H17FO10/c23-18-11(6-15(28)19(29)20(18)30)22(31)33-17-7-10-13(26)4-9(24)5-16(10)32-21(17)8-1-2-12(25)14(27)3-8/h1-6,17,21,24-30H,7H2. The minimum atomic E-state index is -1.53. The van der Waals surface area contributed by atoms with Gasteiger partial charge in [-0.05, 0) is 12.1 Å². The van der Waals surface area contributed by atoms with E-state index in [4.69, 9.17) is 9.47 Å². The molecule has 1 aliphatic rings. The fourth-order valence-corrected chi connectivity index (χ4v) is 3.52. The second-order valence-corrected chi connectivity index (χ2v) is 7.33. The molecule has 2 atom stereocenters. The Morgan fingerprint density at radius 3 is 2.30 bits per heavy atom. The molecule has 0 saturated heterocycles. The van der Waals surface area contributed by atoms with E-state index in [2.05, 4.69) is 0 Å². The van der Waals surface area contributed by atoms with Crippen LogP contribution in [0.25, 0.3) is 0 Å². The van der Waals surface area contributed by atoms with Gasteiger partial charge in [0.05, 0.1) is 0 Å². The molecule has 0 amide bonds. The lowest BCUT2D eigenvalue weighted by atomic mass is 9.93. The minimum absolute atomic E-state index is 0.0588. The van der Waals surface area contributed by atoms with Crippen LogP contribution in [0.1, 0.15) is 27.6 Å². The van der Waals surface area contributed by atoms with Crippen LogP contribution in [0.15, 0.2) is 36.4 Å². The number of hydrogen-bond acceptors (Lipinski definition) is 10. The predicted molar refractivity (Wildman–Crippen MR) is 107 cm³/mol. The molecule has 0 aromatic heterocycles. The number of hydrogen-bond donors (Lipinski definition) is 7. The zero-order valence-electron chi connectivity index (χ0n) is 16.6. The third-order valence-corrected chi connectivity index (χ3v) is 5.17. The third-order valence-electron chi connectivity index (χ3n) is 5.17. The van der Waals surface area contributed by atoms with Crippen LogP contribution in [0, 0.1) is 5.82 Å². The van der Waals surface area contributed by atoms with Crippen molar-refractivity contribution in [2.75, 3.05) is 0 Å². The van der Waals surface area contributed by atoms with Crippen molar-refractivity contribution < 1.29 is 54.4 Å². The first-order valence-electron chi connectivity index (χ1n) is 9.44. The average molecular weight is 460 g/mol. The van der Waals surface area contributed by atoms with E-state index in [1.807, 2.05) is 0 Å². The van der Waals surface area contributed by atoms with E-state index >= 15 is 0 Å². The van der Waals surface area contributed by atoms with Crippen LogP contribution < -0.4 is 4.74 Å². The molecule has 10 nitrogen and oxygen atoms in total. The Morgan fingerprint density at radius 2 is 1.61 bits per heavy atom. The molecule has 0 radical (unpaired) electrons. The maximum absolute atomic E-state index is 14.3. The van der Waals surface area contributed by atoms with Crippen molar-refractivity contribution in [3.8, 4) is 46.0 Å². The van der Waals surface area contributed by atoms with Crippen LogP contribution in [0.3, 0.4) is 0 Å². The van der Waals surface area contributed by atoms with E-state index in [9.17, 15) is 44.9 Å². The second-order valence-electron chi connectivity index (χ2n) is 7.33. The van der Waals surface area contributed by atoms with Crippen LogP contribution >= 0.6 is 0 Å². The highest BCUT2D eigenvalue weighted by Gasteiger charge is 2.37. The van der Waals surface area contributed by atoms with Crippen molar-refractivity contribution >= 4 is 5.97 Å². The first-order chi connectivity index (χ1) is 15.6. The molecule has 3 aromatic carbocycles. The van der Waals surface area contributed by atoms with E-state index in [0.29, 0.717) is 6.07 Å². The lowest BCUT2D eigenvalue weighted by Crippen LogP contribution is -2.35. The largest absolute Gasteiger partial charge is 0.508 e. The van der Waals surface area contributed by atoms with Gasteiger partial charge in [0.2, 0.25) is 5.75 Å². The van der Waals surface area contributed by atoms with Crippen LogP contribution in [0.2, 0.25) is 0 Å². The van der Waals surface area contributed by atoms with Gasteiger partial charge in [0.25, 0.3) is 0 Å². The van der Waals surface area contributed by atoms with E-state index in [1.165, 1.54) is 12.1 Å². The maximum atomic E-state index is 14.3. The lowest BCUT2D eigenvalue weighted by Gasteiger charge is -2.34. The fraction of sp³-hybridized carbons (Fsp3) is 0.136. The SMILES string of the molecule is O=C(OC1Cc2c(O)cc(O)cc2OC1c1ccc(O)c(O)c1)c1cc(O)c(O)c(O)c1F. The first kappa shape index (κ1) is 21.7. The van der Waals surface area contributed by atoms with Gasteiger partial charge in [0.15, 0.2) is 34.9 Å². The average Bonchev–Trinajstić information content (AvgIpc) is 2.76. The molecule has 0 aliphatic carbocycles. The van der Waals surface area contributed by atoms with Gasteiger partial charge < -0.3 is 45.2 Å². The van der Waals surface area contributed by atoms with Crippen molar-refractivity contribution in [1.82, 2.24) is 0 Å². The molecule has 172 valence electrons. The number of halogens is 1. The summed E-state index contributed by atoms with van der Waals surface area (Å²) >= 11 is 0. The minimum Gasteiger partial charge on any atom is -0.508 e. The van der Waals surface area contributed by atoms with Crippen molar-refractivity contribution in [3.05, 3.63) is 58.9 Å². The summed E-state index contributed by atoms with van der Waals surface area (Å²) in [5, 5.41) is 68.0. The van der Waals surface area contributed by atoms with E-state index in [0.717, 1.165) is 18.2 Å². The summed E-state index contributed by atoms with van der Waals surface area (Å²) in [6.45, 7) is 0. The quantitative estimate of drug-likeness (QED) is 0.227. The van der Waals surface area contributed by atoms with Gasteiger partial charge >= 0.3 is 5.97 Å². The molecule has 0 bridgehead atoms. The number of esters is 1. The van der Waals surface area contributed by atoms with E-state index in [1.54, 1.807) is 0 Å². The van der Waals surface area contributed by atoms with Gasteiger partial charge in [-0.25, -0.2) is 9.18 Å². The zero-order valence-corrected chi connectivity index (χ0v) is 16.6. The number of rotatable bonds is 3. The van der Waals surface area contributed by atoms with Crippen molar-refractivity contribution in [3.63, 3.8) is 0 Å². The summed E-state index contributed by atoms with van der Waals surface area (Å²) in [6, 6.07) is 6.51. The number of ether oxygens (including phenoxy) is 2. The molecule has 0 saturated carbocycles. The van der Waals surface area contributed by atoms with Gasteiger partial charge in [0, 0.05) is 35.7 Å². The molecular weight excluding hydrogens is 443 g/mol. The Morgan fingerprint density at radius 1 is 0.879 bits per heavy atom. The molecule has 0 fully saturated rings. The summed E-state index contributed by atoms with van der Waals surface area (Å²) in [4.78, 5) is 12.7. The van der Waals surface area contributed by atoms with Crippen molar-refractivity contribution in [1.29, 1.82) is 0 Å². The Labute approximate surface area is 184 Å². The Bertz CT molecular complexity index is 1270. The lowest BCUT2D eigenvalue weighted by molar-refractivity contribution is -0.0192. The molecule has 11 heteroatoms.